The molecule has 1 heterocycles. The van der Waals surface area contributed by atoms with Crippen LogP contribution in [0.5, 0.6) is 0 Å². The number of nitrogens with one attached hydrogen (secondary N) is 1. The van der Waals surface area contributed by atoms with Crippen molar-refractivity contribution < 1.29 is 26.4 Å². The van der Waals surface area contributed by atoms with E-state index in [1.807, 2.05) is 0 Å². The summed E-state index contributed by atoms with van der Waals surface area (Å²) < 4.78 is 67.0. The number of anilines is 2. The van der Waals surface area contributed by atoms with E-state index in [9.17, 15) is 26.4 Å². The second kappa shape index (κ2) is 8.07. The van der Waals surface area contributed by atoms with Crippen molar-refractivity contribution in [2.24, 2.45) is 0 Å². The number of halogens is 3. The van der Waals surface area contributed by atoms with Crippen molar-refractivity contribution in [1.82, 2.24) is 0 Å². The van der Waals surface area contributed by atoms with Crippen LogP contribution in [0.15, 0.2) is 65.6 Å². The lowest BCUT2D eigenvalue weighted by atomic mass is 10.0. The van der Waals surface area contributed by atoms with Gasteiger partial charge in [0.1, 0.15) is 5.82 Å². The predicted molar refractivity (Wildman–Crippen MR) is 110 cm³/mol. The number of amides is 1. The highest BCUT2D eigenvalue weighted by Gasteiger charge is 2.29. The van der Waals surface area contributed by atoms with Gasteiger partial charge in [-0.05, 0) is 79.1 Å². The zero-order chi connectivity index (χ0) is 22.2. The molecule has 0 saturated carbocycles. The highest BCUT2D eigenvalue weighted by molar-refractivity contribution is 7.92. The van der Waals surface area contributed by atoms with Crippen molar-refractivity contribution in [2.75, 3.05) is 16.2 Å². The molecule has 1 aliphatic heterocycles. The molecule has 0 fully saturated rings. The molecule has 5 nitrogen and oxygen atoms in total. The highest BCUT2D eigenvalue weighted by atomic mass is 32.2. The van der Waals surface area contributed by atoms with Gasteiger partial charge in [0.15, 0.2) is 11.6 Å². The Balaban J connectivity index is 1.60. The van der Waals surface area contributed by atoms with Crippen LogP contribution in [0.3, 0.4) is 0 Å². The minimum Gasteiger partial charge on any atom is -0.322 e. The molecule has 4 rings (SSSR count). The monoisotopic (exact) mass is 446 g/mol. The van der Waals surface area contributed by atoms with E-state index in [2.05, 4.69) is 5.32 Å². The summed E-state index contributed by atoms with van der Waals surface area (Å²) in [6, 6.07) is 12.2. The Morgan fingerprint density at radius 3 is 2.35 bits per heavy atom. The third-order valence-electron chi connectivity index (χ3n) is 5.00. The number of rotatable bonds is 4. The first kappa shape index (κ1) is 20.9. The van der Waals surface area contributed by atoms with E-state index in [0.29, 0.717) is 29.8 Å². The maximum atomic E-state index is 13.4. The SMILES string of the molecule is O=C(Nc1ccc2c(c1)CCCN2S(=O)(=O)c1ccc(F)cc1)c1ccc(F)c(F)c1. The van der Waals surface area contributed by atoms with Gasteiger partial charge in [-0.1, -0.05) is 0 Å². The molecule has 3 aromatic rings. The fourth-order valence-corrected chi connectivity index (χ4v) is 5.01. The number of nitrogens with zero attached hydrogens (tertiary/aromatic N) is 1. The largest absolute Gasteiger partial charge is 0.322 e. The maximum absolute atomic E-state index is 13.4. The predicted octanol–water partition coefficient (Wildman–Crippen LogP) is 4.50. The van der Waals surface area contributed by atoms with E-state index < -0.39 is 33.4 Å². The molecule has 0 atom stereocenters. The lowest BCUT2D eigenvalue weighted by Gasteiger charge is -2.31. The first-order valence-corrected chi connectivity index (χ1v) is 10.9. The van der Waals surface area contributed by atoms with Crippen molar-refractivity contribution >= 4 is 27.3 Å². The van der Waals surface area contributed by atoms with E-state index in [1.165, 1.54) is 28.6 Å². The van der Waals surface area contributed by atoms with E-state index in [0.717, 1.165) is 24.3 Å². The maximum Gasteiger partial charge on any atom is 0.264 e. The Labute approximate surface area is 177 Å². The number of carbonyl (C=O) groups excluding carboxylic acids is 1. The summed E-state index contributed by atoms with van der Waals surface area (Å²) in [5.74, 6) is -3.32. The normalized spacial score (nSPS) is 13.6. The third kappa shape index (κ3) is 4.13. The van der Waals surface area contributed by atoms with Gasteiger partial charge in [0.05, 0.1) is 10.6 Å². The summed E-state index contributed by atoms with van der Waals surface area (Å²) in [7, 11) is -3.88. The average molecular weight is 446 g/mol. The molecule has 9 heteroatoms. The molecule has 0 radical (unpaired) electrons. The van der Waals surface area contributed by atoms with E-state index in [-0.39, 0.29) is 17.0 Å². The highest BCUT2D eigenvalue weighted by Crippen LogP contribution is 2.34. The molecule has 160 valence electrons. The van der Waals surface area contributed by atoms with Gasteiger partial charge >= 0.3 is 0 Å². The number of aryl methyl sites for hydroxylation is 1. The molecular formula is C22H17F3N2O3S. The van der Waals surface area contributed by atoms with Gasteiger partial charge in [0.25, 0.3) is 15.9 Å². The molecule has 0 spiro atoms. The minimum absolute atomic E-state index is 0.0162. The van der Waals surface area contributed by atoms with Gasteiger partial charge in [0, 0.05) is 17.8 Å². The summed E-state index contributed by atoms with van der Waals surface area (Å²) in [6.07, 6.45) is 1.16. The molecule has 0 saturated heterocycles. The summed E-state index contributed by atoms with van der Waals surface area (Å²) in [4.78, 5) is 12.3. The lowest BCUT2D eigenvalue weighted by Crippen LogP contribution is -2.35. The van der Waals surface area contributed by atoms with Crippen molar-refractivity contribution in [2.45, 2.75) is 17.7 Å². The minimum atomic E-state index is -3.88. The van der Waals surface area contributed by atoms with E-state index >= 15 is 0 Å². The van der Waals surface area contributed by atoms with Gasteiger partial charge < -0.3 is 5.32 Å². The number of carbonyl (C=O) groups is 1. The second-order valence-corrected chi connectivity index (χ2v) is 8.92. The molecule has 0 unspecified atom stereocenters. The van der Waals surface area contributed by atoms with Gasteiger partial charge in [-0.15, -0.1) is 0 Å². The van der Waals surface area contributed by atoms with Crippen LogP contribution in [0.4, 0.5) is 24.5 Å². The number of fused-ring (bicyclic) bond motifs is 1. The molecule has 3 aromatic carbocycles. The quantitative estimate of drug-likeness (QED) is 0.642. The fourth-order valence-electron chi connectivity index (χ4n) is 3.46. The molecule has 1 amide bonds. The zero-order valence-corrected chi connectivity index (χ0v) is 16.9. The van der Waals surface area contributed by atoms with Crippen LogP contribution in [-0.4, -0.2) is 20.9 Å². The fraction of sp³-hybridized carbons (Fsp3) is 0.136. The van der Waals surface area contributed by atoms with Crippen LogP contribution in [-0.2, 0) is 16.4 Å². The van der Waals surface area contributed by atoms with Crippen LogP contribution < -0.4 is 9.62 Å². The number of hydrogen-bond acceptors (Lipinski definition) is 3. The molecular weight excluding hydrogens is 429 g/mol. The van der Waals surface area contributed by atoms with Crippen LogP contribution in [0.2, 0.25) is 0 Å². The Morgan fingerprint density at radius 2 is 1.65 bits per heavy atom. The smallest absolute Gasteiger partial charge is 0.264 e. The van der Waals surface area contributed by atoms with Crippen molar-refractivity contribution in [3.05, 3.63) is 89.2 Å². The van der Waals surface area contributed by atoms with Crippen LogP contribution >= 0.6 is 0 Å². The Kier molecular flexibility index (Phi) is 5.45. The molecule has 31 heavy (non-hydrogen) atoms. The summed E-state index contributed by atoms with van der Waals surface area (Å²) in [5.41, 5.74) is 1.54. The number of sulfonamides is 1. The standard InChI is InChI=1S/C22H17F3N2O3S/c23-16-4-7-18(8-5-16)31(29,30)27-11-1-2-14-12-17(6-10-21(14)27)26-22(28)15-3-9-19(24)20(25)13-15/h3-10,12-13H,1-2,11H2,(H,26,28). The Bertz CT molecular complexity index is 1260. The van der Waals surface area contributed by atoms with Gasteiger partial charge in [-0.3, -0.25) is 9.10 Å². The molecule has 1 N–H and O–H groups in total. The molecule has 0 aliphatic carbocycles. The van der Waals surface area contributed by atoms with Crippen molar-refractivity contribution in [3.63, 3.8) is 0 Å². The summed E-state index contributed by atoms with van der Waals surface area (Å²) in [6.45, 7) is 0.271. The zero-order valence-electron chi connectivity index (χ0n) is 16.1. The second-order valence-electron chi connectivity index (χ2n) is 7.06. The third-order valence-corrected chi connectivity index (χ3v) is 6.82. The van der Waals surface area contributed by atoms with Crippen LogP contribution in [0.1, 0.15) is 22.3 Å². The molecule has 0 bridgehead atoms. The summed E-state index contributed by atoms with van der Waals surface area (Å²) in [5, 5.41) is 2.61. The number of benzene rings is 3. The molecule has 1 aliphatic rings. The van der Waals surface area contributed by atoms with Crippen molar-refractivity contribution in [1.29, 1.82) is 0 Å². The van der Waals surface area contributed by atoms with Gasteiger partial charge in [-0.25, -0.2) is 21.6 Å². The topological polar surface area (TPSA) is 66.5 Å². The van der Waals surface area contributed by atoms with Crippen LogP contribution in [0, 0.1) is 17.5 Å². The van der Waals surface area contributed by atoms with E-state index in [4.69, 9.17) is 0 Å². The number of hydrogen-bond donors (Lipinski definition) is 1. The van der Waals surface area contributed by atoms with Gasteiger partial charge in [-0.2, -0.15) is 0 Å². The first-order chi connectivity index (χ1) is 14.8. The average Bonchev–Trinajstić information content (AvgIpc) is 2.75. The van der Waals surface area contributed by atoms with Crippen LogP contribution in [0.25, 0.3) is 0 Å². The lowest BCUT2D eigenvalue weighted by molar-refractivity contribution is 0.102. The molecule has 0 aromatic heterocycles. The Hall–Kier alpha value is -3.33. The first-order valence-electron chi connectivity index (χ1n) is 9.43. The Morgan fingerprint density at radius 1 is 0.903 bits per heavy atom. The summed E-state index contributed by atoms with van der Waals surface area (Å²) >= 11 is 0. The van der Waals surface area contributed by atoms with Crippen molar-refractivity contribution in [3.8, 4) is 0 Å². The van der Waals surface area contributed by atoms with E-state index in [1.54, 1.807) is 12.1 Å². The van der Waals surface area contributed by atoms with Gasteiger partial charge in [0.2, 0.25) is 0 Å².